The van der Waals surface area contributed by atoms with Crippen LogP contribution in [0.1, 0.15) is 17.3 Å². The topological polar surface area (TPSA) is 70.6 Å². The summed E-state index contributed by atoms with van der Waals surface area (Å²) >= 11 is 0. The molecule has 7 nitrogen and oxygen atoms in total. The number of piperazine rings is 1. The van der Waals surface area contributed by atoms with Crippen LogP contribution in [0.15, 0.2) is 79.1 Å². The molecule has 0 bridgehead atoms. The Hall–Kier alpha value is -4.13. The number of hydrogen-bond acceptors (Lipinski definition) is 6. The molecule has 1 fully saturated rings. The molecule has 1 N–H and O–H groups in total. The van der Waals surface area contributed by atoms with Gasteiger partial charge in [0, 0.05) is 31.9 Å². The maximum absolute atomic E-state index is 13.2. The molecule has 1 aromatic heterocycles. The molecule has 34 heavy (non-hydrogen) atoms. The van der Waals surface area contributed by atoms with Gasteiger partial charge in [0.05, 0.1) is 30.3 Å². The second-order valence-corrected chi connectivity index (χ2v) is 8.13. The maximum atomic E-state index is 13.2. The zero-order chi connectivity index (χ0) is 23.3. The van der Waals surface area contributed by atoms with E-state index in [9.17, 15) is 4.79 Å². The van der Waals surface area contributed by atoms with Gasteiger partial charge in [-0.15, -0.1) is 0 Å². The molecule has 0 radical (unpaired) electrons. The second-order valence-electron chi connectivity index (χ2n) is 8.13. The van der Waals surface area contributed by atoms with Gasteiger partial charge in [-0.2, -0.15) is 0 Å². The van der Waals surface area contributed by atoms with Crippen LogP contribution in [-0.4, -0.2) is 48.7 Å². The van der Waals surface area contributed by atoms with Crippen molar-refractivity contribution in [3.8, 4) is 5.75 Å². The molecule has 1 aliphatic rings. The fourth-order valence-electron chi connectivity index (χ4n) is 4.31. The molecular weight excluding hydrogens is 426 g/mol. The van der Waals surface area contributed by atoms with Crippen molar-refractivity contribution in [1.29, 1.82) is 0 Å². The van der Waals surface area contributed by atoms with Crippen LogP contribution in [0.5, 0.6) is 5.75 Å². The number of hydrogen-bond donors (Lipinski definition) is 1. The van der Waals surface area contributed by atoms with Crippen LogP contribution in [0.25, 0.3) is 10.8 Å². The first-order valence-electron chi connectivity index (χ1n) is 11.6. The average molecular weight is 454 g/mol. The van der Waals surface area contributed by atoms with Crippen molar-refractivity contribution in [2.24, 2.45) is 0 Å². The van der Waals surface area contributed by atoms with Crippen LogP contribution in [0.2, 0.25) is 0 Å². The Morgan fingerprint density at radius 1 is 0.882 bits per heavy atom. The van der Waals surface area contributed by atoms with Crippen molar-refractivity contribution in [3.63, 3.8) is 0 Å². The van der Waals surface area contributed by atoms with E-state index in [1.165, 1.54) is 5.69 Å². The predicted molar refractivity (Wildman–Crippen MR) is 136 cm³/mol. The fourth-order valence-corrected chi connectivity index (χ4v) is 4.31. The van der Waals surface area contributed by atoms with Gasteiger partial charge in [0.15, 0.2) is 0 Å². The van der Waals surface area contributed by atoms with Gasteiger partial charge in [0.2, 0.25) is 5.95 Å². The van der Waals surface area contributed by atoms with Crippen LogP contribution in [0, 0.1) is 0 Å². The Morgan fingerprint density at radius 3 is 2.29 bits per heavy atom. The minimum absolute atomic E-state index is 0.243. The van der Waals surface area contributed by atoms with Gasteiger partial charge in [-0.1, -0.05) is 48.5 Å². The van der Waals surface area contributed by atoms with E-state index in [2.05, 4.69) is 49.4 Å². The smallest absolute Gasteiger partial charge is 0.260 e. The number of anilines is 3. The molecule has 0 aliphatic carbocycles. The van der Waals surface area contributed by atoms with Crippen LogP contribution in [0.3, 0.4) is 0 Å². The maximum Gasteiger partial charge on any atom is 0.260 e. The van der Waals surface area contributed by atoms with Crippen molar-refractivity contribution >= 4 is 34.0 Å². The van der Waals surface area contributed by atoms with Crippen LogP contribution in [0.4, 0.5) is 17.3 Å². The molecule has 0 spiro atoms. The number of carbonyl (C=O) groups is 1. The van der Waals surface area contributed by atoms with Crippen LogP contribution in [-0.2, 0) is 0 Å². The summed E-state index contributed by atoms with van der Waals surface area (Å²) in [6.07, 6.45) is 3.32. The summed E-state index contributed by atoms with van der Waals surface area (Å²) in [4.78, 5) is 26.8. The second kappa shape index (κ2) is 9.79. The Bertz CT molecular complexity index is 1270. The van der Waals surface area contributed by atoms with Gasteiger partial charge in [-0.05, 0) is 35.9 Å². The SMILES string of the molecule is CCOc1ccc2ccccc2c1C(=O)Nc1cnc(N2CCN(c3ccccc3)CC2)nc1. The summed E-state index contributed by atoms with van der Waals surface area (Å²) in [6.45, 7) is 5.89. The third-order valence-corrected chi connectivity index (χ3v) is 6.00. The lowest BCUT2D eigenvalue weighted by molar-refractivity contribution is 0.102. The Morgan fingerprint density at radius 2 is 1.56 bits per heavy atom. The largest absolute Gasteiger partial charge is 0.493 e. The molecule has 172 valence electrons. The average Bonchev–Trinajstić information content (AvgIpc) is 2.90. The van der Waals surface area contributed by atoms with Crippen molar-refractivity contribution < 1.29 is 9.53 Å². The van der Waals surface area contributed by atoms with E-state index in [-0.39, 0.29) is 5.91 Å². The van der Waals surface area contributed by atoms with Crippen molar-refractivity contribution in [2.75, 3.05) is 47.9 Å². The van der Waals surface area contributed by atoms with Crippen molar-refractivity contribution in [3.05, 3.63) is 84.7 Å². The molecular formula is C27H27N5O2. The number of para-hydroxylation sites is 1. The Balaban J connectivity index is 1.28. The fraction of sp³-hybridized carbons (Fsp3) is 0.222. The normalized spacial score (nSPS) is 13.7. The molecule has 1 aliphatic heterocycles. The van der Waals surface area contributed by atoms with E-state index < -0.39 is 0 Å². The summed E-state index contributed by atoms with van der Waals surface area (Å²) in [6, 6.07) is 22.0. The third kappa shape index (κ3) is 4.50. The molecule has 4 aromatic rings. The Labute approximate surface area is 199 Å². The third-order valence-electron chi connectivity index (χ3n) is 6.00. The van der Waals surface area contributed by atoms with Crippen molar-refractivity contribution in [2.45, 2.75) is 6.92 Å². The predicted octanol–water partition coefficient (Wildman–Crippen LogP) is 4.61. The number of carbonyl (C=O) groups excluding carboxylic acids is 1. The first-order valence-corrected chi connectivity index (χ1v) is 11.6. The molecule has 3 aromatic carbocycles. The van der Waals surface area contributed by atoms with Gasteiger partial charge in [-0.25, -0.2) is 9.97 Å². The standard InChI is InChI=1S/C27H27N5O2/c1-2-34-24-13-12-20-8-6-7-11-23(20)25(24)26(33)30-21-18-28-27(29-19-21)32-16-14-31(15-17-32)22-9-4-3-5-10-22/h3-13,18-19H,2,14-17H2,1H3,(H,30,33). The van der Waals surface area contributed by atoms with E-state index >= 15 is 0 Å². The number of aromatic nitrogens is 2. The first kappa shape index (κ1) is 21.7. The number of fused-ring (bicyclic) bond motifs is 1. The minimum Gasteiger partial charge on any atom is -0.493 e. The number of benzene rings is 3. The van der Waals surface area contributed by atoms with E-state index in [0.717, 1.165) is 37.0 Å². The molecule has 0 saturated carbocycles. The number of rotatable bonds is 6. The molecule has 5 rings (SSSR count). The van der Waals surface area contributed by atoms with Crippen LogP contribution >= 0.6 is 0 Å². The van der Waals surface area contributed by atoms with E-state index in [1.54, 1.807) is 12.4 Å². The zero-order valence-corrected chi connectivity index (χ0v) is 19.1. The van der Waals surface area contributed by atoms with Gasteiger partial charge >= 0.3 is 0 Å². The molecule has 1 amide bonds. The monoisotopic (exact) mass is 453 g/mol. The van der Waals surface area contributed by atoms with E-state index in [1.807, 2.05) is 49.4 Å². The minimum atomic E-state index is -0.243. The molecule has 2 heterocycles. The summed E-state index contributed by atoms with van der Waals surface area (Å²) in [5.74, 6) is 0.992. The molecule has 1 saturated heterocycles. The van der Waals surface area contributed by atoms with Gasteiger partial charge in [-0.3, -0.25) is 4.79 Å². The highest BCUT2D eigenvalue weighted by Crippen LogP contribution is 2.29. The van der Waals surface area contributed by atoms with Crippen LogP contribution < -0.4 is 19.9 Å². The number of nitrogens with one attached hydrogen (secondary N) is 1. The number of amides is 1. The lowest BCUT2D eigenvalue weighted by Gasteiger charge is -2.36. The van der Waals surface area contributed by atoms with E-state index in [0.29, 0.717) is 29.6 Å². The highest BCUT2D eigenvalue weighted by Gasteiger charge is 2.20. The van der Waals surface area contributed by atoms with E-state index in [4.69, 9.17) is 4.74 Å². The van der Waals surface area contributed by atoms with Gasteiger partial charge < -0.3 is 19.9 Å². The molecule has 7 heteroatoms. The lowest BCUT2D eigenvalue weighted by atomic mass is 10.0. The van der Waals surface area contributed by atoms with Gasteiger partial charge in [0.25, 0.3) is 5.91 Å². The molecule has 0 unspecified atom stereocenters. The highest BCUT2D eigenvalue weighted by atomic mass is 16.5. The summed E-state index contributed by atoms with van der Waals surface area (Å²) in [5.41, 5.74) is 2.30. The number of ether oxygens (including phenoxy) is 1. The first-order chi connectivity index (χ1) is 16.7. The highest BCUT2D eigenvalue weighted by molar-refractivity contribution is 6.14. The summed E-state index contributed by atoms with van der Waals surface area (Å²) in [5, 5.41) is 4.77. The quantitative estimate of drug-likeness (QED) is 0.460. The van der Waals surface area contributed by atoms with Crippen molar-refractivity contribution in [1.82, 2.24) is 9.97 Å². The van der Waals surface area contributed by atoms with Gasteiger partial charge in [0.1, 0.15) is 5.75 Å². The summed E-state index contributed by atoms with van der Waals surface area (Å²) in [7, 11) is 0. The number of nitrogens with zero attached hydrogens (tertiary/aromatic N) is 4. The molecule has 0 atom stereocenters. The zero-order valence-electron chi connectivity index (χ0n) is 19.1. The Kier molecular flexibility index (Phi) is 6.25. The lowest BCUT2D eigenvalue weighted by Crippen LogP contribution is -2.47. The summed E-state index contributed by atoms with van der Waals surface area (Å²) < 4.78 is 5.74.